The smallest absolute Gasteiger partial charge is 0.215 e. The molecule has 1 unspecified atom stereocenters. The van der Waals surface area contributed by atoms with E-state index in [-0.39, 0.29) is 13.3 Å². The first-order chi connectivity index (χ1) is 8.01. The van der Waals surface area contributed by atoms with E-state index in [9.17, 15) is 17.2 Å². The van der Waals surface area contributed by atoms with Gasteiger partial charge < -0.3 is 4.55 Å². The van der Waals surface area contributed by atoms with Crippen LogP contribution in [0.15, 0.2) is 55.8 Å². The Morgan fingerprint density at radius 3 is 2.24 bits per heavy atom. The highest BCUT2D eigenvalue weighted by atomic mass is 32.3. The van der Waals surface area contributed by atoms with Gasteiger partial charge in [0.25, 0.3) is 0 Å². The minimum Gasteiger partial charge on any atom is -0.768 e. The third-order valence-electron chi connectivity index (χ3n) is 2.04. The van der Waals surface area contributed by atoms with Crippen molar-refractivity contribution in [3.8, 4) is 0 Å². The monoisotopic (exact) mass is 287 g/mol. The molecule has 2 aromatic rings. The molecule has 0 aliphatic rings. The topological polar surface area (TPSA) is 74.3 Å². The van der Waals surface area contributed by atoms with Crippen LogP contribution in [0.5, 0.6) is 0 Å². The van der Waals surface area contributed by atoms with E-state index >= 15 is 0 Å². The van der Waals surface area contributed by atoms with E-state index in [1.807, 2.05) is 0 Å². The first kappa shape index (κ1) is 12.4. The van der Waals surface area contributed by atoms with Crippen molar-refractivity contribution in [2.45, 2.75) is 13.3 Å². The molecule has 7 heteroatoms. The van der Waals surface area contributed by atoms with Crippen LogP contribution in [0.25, 0.3) is 0 Å². The Balaban J connectivity index is 2.49. The summed E-state index contributed by atoms with van der Waals surface area (Å²) in [4.78, 5) is 0.157. The van der Waals surface area contributed by atoms with Gasteiger partial charge in [0.15, 0.2) is 0 Å². The highest BCUT2D eigenvalue weighted by Gasteiger charge is 2.19. The molecule has 0 aliphatic heterocycles. The number of thiophene rings is 1. The number of sulfone groups is 1. The van der Waals surface area contributed by atoms with Crippen LogP contribution in [0.3, 0.4) is 0 Å². The third kappa shape index (κ3) is 2.47. The van der Waals surface area contributed by atoms with Gasteiger partial charge in [-0.1, -0.05) is 18.2 Å². The average molecular weight is 287 g/mol. The van der Waals surface area contributed by atoms with Gasteiger partial charge >= 0.3 is 0 Å². The van der Waals surface area contributed by atoms with Crippen LogP contribution in [-0.2, 0) is 20.9 Å². The van der Waals surface area contributed by atoms with Crippen molar-refractivity contribution >= 4 is 32.3 Å². The average Bonchev–Trinajstić information content (AvgIpc) is 2.80. The van der Waals surface area contributed by atoms with E-state index in [0.717, 1.165) is 11.3 Å². The summed E-state index contributed by atoms with van der Waals surface area (Å²) in [5, 5.41) is 0. The van der Waals surface area contributed by atoms with Crippen molar-refractivity contribution in [2.75, 3.05) is 0 Å². The molecule has 1 atom stereocenters. The first-order valence-electron chi connectivity index (χ1n) is 4.51. The third-order valence-corrected chi connectivity index (χ3v) is 6.30. The fraction of sp³-hybridized carbons (Fsp3) is 0. The Morgan fingerprint density at radius 2 is 1.71 bits per heavy atom. The van der Waals surface area contributed by atoms with Crippen LogP contribution in [0.2, 0.25) is 0 Å². The highest BCUT2D eigenvalue weighted by Crippen LogP contribution is 2.28. The van der Waals surface area contributed by atoms with E-state index in [1.54, 1.807) is 18.2 Å². The first-order valence-corrected chi connectivity index (χ1v) is 7.88. The predicted octanol–water partition coefficient (Wildman–Crippen LogP) is 1.82. The lowest BCUT2D eigenvalue weighted by molar-refractivity contribution is 0.539. The minimum atomic E-state index is -3.61. The van der Waals surface area contributed by atoms with Gasteiger partial charge in [-0.2, -0.15) is 0 Å². The number of rotatable bonds is 3. The second-order valence-corrected chi connectivity index (χ2v) is 7.55. The Hall–Kier alpha value is -1.02. The lowest BCUT2D eigenvalue weighted by atomic mass is 10.4. The van der Waals surface area contributed by atoms with Gasteiger partial charge in [-0.15, -0.1) is 11.3 Å². The molecule has 1 heterocycles. The van der Waals surface area contributed by atoms with Crippen LogP contribution in [-0.4, -0.2) is 17.2 Å². The zero-order valence-electron chi connectivity index (χ0n) is 8.40. The molecular weight excluding hydrogens is 280 g/mol. The van der Waals surface area contributed by atoms with Crippen molar-refractivity contribution in [3.05, 3.63) is 42.5 Å². The summed E-state index contributed by atoms with van der Waals surface area (Å²) in [6, 6.07) is 10.5. The molecule has 2 rings (SSSR count). The molecule has 0 fully saturated rings. The fourth-order valence-electron chi connectivity index (χ4n) is 1.25. The molecule has 0 spiro atoms. The van der Waals surface area contributed by atoms with Crippen LogP contribution < -0.4 is 0 Å². The van der Waals surface area contributed by atoms with Gasteiger partial charge in [0.1, 0.15) is 4.21 Å². The molecule has 0 aliphatic carbocycles. The summed E-state index contributed by atoms with van der Waals surface area (Å²) >= 11 is -1.65. The van der Waals surface area contributed by atoms with E-state index in [4.69, 9.17) is 0 Å². The molecule has 0 amide bonds. The molecule has 4 nitrogen and oxygen atoms in total. The maximum Gasteiger partial charge on any atom is 0.215 e. The van der Waals surface area contributed by atoms with Crippen LogP contribution in [0.1, 0.15) is 0 Å². The molecule has 17 heavy (non-hydrogen) atoms. The second-order valence-electron chi connectivity index (χ2n) is 3.12. The van der Waals surface area contributed by atoms with Crippen LogP contribution in [0.4, 0.5) is 0 Å². The summed E-state index contributed by atoms with van der Waals surface area (Å²) in [5.74, 6) is 0. The molecule has 1 aromatic heterocycles. The summed E-state index contributed by atoms with van der Waals surface area (Å²) in [6.07, 6.45) is 0. The zero-order chi connectivity index (χ0) is 12.5. The predicted molar refractivity (Wildman–Crippen MR) is 63.4 cm³/mol. The summed E-state index contributed by atoms with van der Waals surface area (Å²) in [7, 11) is -3.61. The Kier molecular flexibility index (Phi) is 3.43. The second kappa shape index (κ2) is 4.69. The van der Waals surface area contributed by atoms with E-state index < -0.39 is 20.9 Å². The van der Waals surface area contributed by atoms with Gasteiger partial charge in [-0.25, -0.2) is 8.42 Å². The Bertz CT molecular complexity index is 643. The molecule has 0 saturated carbocycles. The maximum atomic E-state index is 12.1. The number of benzene rings is 1. The summed E-state index contributed by atoms with van der Waals surface area (Å²) < 4.78 is 45.6. The Morgan fingerprint density at radius 1 is 1.06 bits per heavy atom. The van der Waals surface area contributed by atoms with Crippen molar-refractivity contribution in [1.29, 1.82) is 0 Å². The molecule has 0 N–H and O–H groups in total. The van der Waals surface area contributed by atoms with Crippen LogP contribution in [0, 0.1) is 0 Å². The standard InChI is InChI=1S/C10H8O4S3/c11-16(12)9-6-7-10(15-9)17(13,14)8-4-2-1-3-5-8/h1-7H,(H,11,12)/p-1. The summed E-state index contributed by atoms with van der Waals surface area (Å²) in [6.45, 7) is 0. The molecule has 0 saturated heterocycles. The largest absolute Gasteiger partial charge is 0.768 e. The Labute approximate surface area is 105 Å². The highest BCUT2D eigenvalue weighted by molar-refractivity contribution is 7.94. The van der Waals surface area contributed by atoms with Crippen molar-refractivity contribution < 1.29 is 17.2 Å². The molecular formula is C10H7O4S3-. The quantitative estimate of drug-likeness (QED) is 0.807. The normalized spacial score (nSPS) is 13.5. The van der Waals surface area contributed by atoms with E-state index in [2.05, 4.69) is 0 Å². The maximum absolute atomic E-state index is 12.1. The SMILES string of the molecule is O=S([O-])c1ccc(S(=O)(=O)c2ccccc2)s1. The fourth-order valence-corrected chi connectivity index (χ4v) is 4.59. The van der Waals surface area contributed by atoms with Gasteiger partial charge in [-0.05, 0) is 35.3 Å². The lowest BCUT2D eigenvalue weighted by Gasteiger charge is -2.01. The van der Waals surface area contributed by atoms with Gasteiger partial charge in [0.2, 0.25) is 9.84 Å². The van der Waals surface area contributed by atoms with Crippen molar-refractivity contribution in [2.24, 2.45) is 0 Å². The minimum absolute atomic E-state index is 0.0134. The molecule has 90 valence electrons. The molecule has 0 radical (unpaired) electrons. The van der Waals surface area contributed by atoms with E-state index in [1.165, 1.54) is 24.3 Å². The van der Waals surface area contributed by atoms with Crippen LogP contribution >= 0.6 is 11.3 Å². The van der Waals surface area contributed by atoms with Crippen molar-refractivity contribution in [1.82, 2.24) is 0 Å². The zero-order valence-corrected chi connectivity index (χ0v) is 10.8. The summed E-state index contributed by atoms with van der Waals surface area (Å²) in [5.41, 5.74) is 0. The number of hydrogen-bond acceptors (Lipinski definition) is 5. The van der Waals surface area contributed by atoms with E-state index in [0.29, 0.717) is 0 Å². The van der Waals surface area contributed by atoms with Gasteiger partial charge in [0, 0.05) is 0 Å². The van der Waals surface area contributed by atoms with Gasteiger partial charge in [0.05, 0.1) is 9.10 Å². The van der Waals surface area contributed by atoms with Gasteiger partial charge in [-0.3, -0.25) is 4.21 Å². The molecule has 1 aromatic carbocycles. The lowest BCUT2D eigenvalue weighted by Crippen LogP contribution is -1.98. The van der Waals surface area contributed by atoms with Crippen molar-refractivity contribution in [3.63, 3.8) is 0 Å². The number of hydrogen-bond donors (Lipinski definition) is 0. The molecule has 0 bridgehead atoms.